The quantitative estimate of drug-likeness (QED) is 0.476. The zero-order valence-corrected chi connectivity index (χ0v) is 5.98. The van der Waals surface area contributed by atoms with E-state index in [4.69, 9.17) is 4.42 Å². The van der Waals surface area contributed by atoms with Crippen LogP contribution in [0.5, 0.6) is 0 Å². The van der Waals surface area contributed by atoms with Crippen molar-refractivity contribution in [3.63, 3.8) is 0 Å². The van der Waals surface area contributed by atoms with Crippen molar-refractivity contribution >= 4 is 16.7 Å². The summed E-state index contributed by atoms with van der Waals surface area (Å²) in [7, 11) is 0. The molecule has 1 aromatic heterocycles. The van der Waals surface area contributed by atoms with Crippen LogP contribution in [-0.4, -0.2) is 4.92 Å². The number of fused-ring (bicyclic) bond motifs is 1. The first kappa shape index (κ1) is 6.84. The topological polar surface area (TPSA) is 56.3 Å². The van der Waals surface area contributed by atoms with Crippen molar-refractivity contribution in [3.05, 3.63) is 40.6 Å². The molecule has 4 heteroatoms. The summed E-state index contributed by atoms with van der Waals surface area (Å²) in [5.74, 6) is 0. The Bertz CT molecular complexity index is 433. The van der Waals surface area contributed by atoms with E-state index in [0.29, 0.717) is 11.0 Å². The van der Waals surface area contributed by atoms with Gasteiger partial charge in [0.1, 0.15) is 5.58 Å². The van der Waals surface area contributed by atoms with Crippen molar-refractivity contribution in [2.75, 3.05) is 0 Å². The number of furan rings is 1. The highest BCUT2D eigenvalue weighted by molar-refractivity contribution is 5.78. The molecule has 1 radical (unpaired) electrons. The monoisotopic (exact) mass is 162 g/mol. The molecule has 1 heterocycles. The first-order valence-electron chi connectivity index (χ1n) is 3.31. The molecular formula is C8H4NO3. The molecule has 59 valence electrons. The maximum Gasteiger partial charge on any atom is 0.270 e. The lowest BCUT2D eigenvalue weighted by Crippen LogP contribution is -1.85. The van der Waals surface area contributed by atoms with Gasteiger partial charge >= 0.3 is 0 Å². The van der Waals surface area contributed by atoms with E-state index in [2.05, 4.69) is 6.07 Å². The first-order chi connectivity index (χ1) is 5.77. The molecule has 12 heavy (non-hydrogen) atoms. The zero-order chi connectivity index (χ0) is 8.55. The molecule has 1 aromatic carbocycles. The Balaban J connectivity index is 2.68. The van der Waals surface area contributed by atoms with Crippen LogP contribution in [0.25, 0.3) is 11.0 Å². The van der Waals surface area contributed by atoms with E-state index < -0.39 is 4.92 Å². The summed E-state index contributed by atoms with van der Waals surface area (Å²) >= 11 is 0. The Labute approximate surface area is 67.6 Å². The Morgan fingerprint density at radius 2 is 2.33 bits per heavy atom. The average molecular weight is 162 g/mol. The number of rotatable bonds is 1. The molecule has 0 amide bonds. The average Bonchev–Trinajstić information content (AvgIpc) is 2.49. The molecular weight excluding hydrogens is 158 g/mol. The van der Waals surface area contributed by atoms with E-state index in [1.54, 1.807) is 6.07 Å². The van der Waals surface area contributed by atoms with Gasteiger partial charge in [0.2, 0.25) is 0 Å². The number of benzene rings is 1. The minimum atomic E-state index is -0.444. The van der Waals surface area contributed by atoms with Crippen LogP contribution in [0.1, 0.15) is 0 Å². The normalized spacial score (nSPS) is 10.3. The number of non-ortho nitro benzene ring substituents is 1. The van der Waals surface area contributed by atoms with Gasteiger partial charge in [-0.1, -0.05) is 0 Å². The van der Waals surface area contributed by atoms with E-state index in [1.165, 1.54) is 18.4 Å². The molecule has 0 aliphatic heterocycles. The summed E-state index contributed by atoms with van der Waals surface area (Å²) in [4.78, 5) is 9.88. The van der Waals surface area contributed by atoms with E-state index in [-0.39, 0.29) is 5.69 Å². The van der Waals surface area contributed by atoms with Crippen LogP contribution >= 0.6 is 0 Å². The molecule has 0 saturated heterocycles. The number of nitrogens with zero attached hydrogens (tertiary/aromatic N) is 1. The highest BCUT2D eigenvalue weighted by Gasteiger charge is 2.06. The van der Waals surface area contributed by atoms with Gasteiger partial charge in [0.05, 0.1) is 11.2 Å². The molecule has 0 aliphatic rings. The molecule has 0 N–H and O–H groups in total. The molecule has 0 unspecified atom stereocenters. The lowest BCUT2D eigenvalue weighted by atomic mass is 10.2. The van der Waals surface area contributed by atoms with Crippen LogP contribution in [0.2, 0.25) is 0 Å². The Morgan fingerprint density at radius 3 is 3.08 bits per heavy atom. The van der Waals surface area contributed by atoms with E-state index in [0.717, 1.165) is 0 Å². The maximum absolute atomic E-state index is 10.3. The van der Waals surface area contributed by atoms with Crippen LogP contribution in [0.15, 0.2) is 28.9 Å². The zero-order valence-electron chi connectivity index (χ0n) is 5.98. The summed E-state index contributed by atoms with van der Waals surface area (Å²) < 4.78 is 4.97. The summed E-state index contributed by atoms with van der Waals surface area (Å²) in [6.45, 7) is 0. The Kier molecular flexibility index (Phi) is 1.33. The number of hydrogen-bond acceptors (Lipinski definition) is 3. The summed E-state index contributed by atoms with van der Waals surface area (Å²) in [5, 5.41) is 11.0. The minimum absolute atomic E-state index is 0.0557. The standard InChI is InChI=1S/C8H4NO3/c10-9(11)7-1-2-8-6(5-7)3-4-12-8/h1-2,4-5H. The van der Waals surface area contributed by atoms with E-state index >= 15 is 0 Å². The predicted octanol–water partition coefficient (Wildman–Crippen LogP) is 2.14. The maximum atomic E-state index is 10.3. The minimum Gasteiger partial charge on any atom is -0.464 e. The van der Waals surface area contributed by atoms with E-state index in [1.807, 2.05) is 0 Å². The summed E-state index contributed by atoms with van der Waals surface area (Å²) in [6, 6.07) is 7.14. The molecule has 4 nitrogen and oxygen atoms in total. The highest BCUT2D eigenvalue weighted by Crippen LogP contribution is 2.20. The summed E-state index contributed by atoms with van der Waals surface area (Å²) in [5.41, 5.74) is 0.667. The van der Waals surface area contributed by atoms with Crippen LogP contribution in [-0.2, 0) is 0 Å². The van der Waals surface area contributed by atoms with Crippen molar-refractivity contribution in [3.8, 4) is 0 Å². The van der Waals surface area contributed by atoms with Crippen molar-refractivity contribution in [2.24, 2.45) is 0 Å². The number of hydrogen-bond donors (Lipinski definition) is 0. The van der Waals surface area contributed by atoms with Gasteiger partial charge in [0, 0.05) is 23.6 Å². The van der Waals surface area contributed by atoms with Gasteiger partial charge in [0.25, 0.3) is 5.69 Å². The third-order valence-electron chi connectivity index (χ3n) is 1.57. The second-order valence-corrected chi connectivity index (χ2v) is 2.32. The second kappa shape index (κ2) is 2.34. The third kappa shape index (κ3) is 0.934. The molecule has 0 fully saturated rings. The van der Waals surface area contributed by atoms with Crippen molar-refractivity contribution in [2.45, 2.75) is 0 Å². The fourth-order valence-electron chi connectivity index (χ4n) is 1.00. The van der Waals surface area contributed by atoms with Gasteiger partial charge in [-0.3, -0.25) is 10.1 Å². The number of nitro groups is 1. The smallest absolute Gasteiger partial charge is 0.270 e. The Hall–Kier alpha value is -1.84. The summed E-state index contributed by atoms with van der Waals surface area (Å²) in [6.07, 6.45) is 1.38. The highest BCUT2D eigenvalue weighted by atomic mass is 16.6. The van der Waals surface area contributed by atoms with Crippen molar-refractivity contribution in [1.29, 1.82) is 0 Å². The third-order valence-corrected chi connectivity index (χ3v) is 1.57. The van der Waals surface area contributed by atoms with Crippen LogP contribution in [0.3, 0.4) is 0 Å². The van der Waals surface area contributed by atoms with Crippen LogP contribution in [0, 0.1) is 16.2 Å². The lowest BCUT2D eigenvalue weighted by Gasteiger charge is -1.89. The van der Waals surface area contributed by atoms with Gasteiger partial charge in [-0.25, -0.2) is 0 Å². The Morgan fingerprint density at radius 1 is 1.50 bits per heavy atom. The second-order valence-electron chi connectivity index (χ2n) is 2.32. The first-order valence-corrected chi connectivity index (χ1v) is 3.31. The van der Waals surface area contributed by atoms with Crippen LogP contribution < -0.4 is 0 Å². The fourth-order valence-corrected chi connectivity index (χ4v) is 1.00. The lowest BCUT2D eigenvalue weighted by molar-refractivity contribution is -0.384. The molecule has 2 aromatic rings. The SMILES string of the molecule is O=[N+]([O-])c1ccc2oc[c]c2c1. The predicted molar refractivity (Wildman–Crippen MR) is 41.7 cm³/mol. The van der Waals surface area contributed by atoms with E-state index in [9.17, 15) is 10.1 Å². The van der Waals surface area contributed by atoms with Crippen molar-refractivity contribution in [1.82, 2.24) is 0 Å². The van der Waals surface area contributed by atoms with Gasteiger partial charge in [-0.15, -0.1) is 0 Å². The van der Waals surface area contributed by atoms with Gasteiger partial charge in [-0.2, -0.15) is 0 Å². The van der Waals surface area contributed by atoms with Crippen LogP contribution in [0.4, 0.5) is 5.69 Å². The fraction of sp³-hybridized carbons (Fsp3) is 0. The molecule has 0 atom stereocenters. The van der Waals surface area contributed by atoms with Gasteiger partial charge in [-0.05, 0) is 6.07 Å². The molecule has 2 rings (SSSR count). The molecule has 0 bridgehead atoms. The van der Waals surface area contributed by atoms with Gasteiger partial charge < -0.3 is 4.42 Å². The number of nitro benzene ring substituents is 1. The largest absolute Gasteiger partial charge is 0.464 e. The molecule has 0 saturated carbocycles. The van der Waals surface area contributed by atoms with Gasteiger partial charge in [0.15, 0.2) is 0 Å². The van der Waals surface area contributed by atoms with Crippen molar-refractivity contribution < 1.29 is 9.34 Å². The molecule has 0 spiro atoms. The molecule has 0 aliphatic carbocycles.